The normalized spacial score (nSPS) is 13.7. The van der Waals surface area contributed by atoms with E-state index in [1.807, 2.05) is 31.2 Å². The van der Waals surface area contributed by atoms with E-state index in [9.17, 15) is 9.59 Å². The molecule has 0 aliphatic heterocycles. The highest BCUT2D eigenvalue weighted by Gasteiger charge is 2.28. The predicted molar refractivity (Wildman–Crippen MR) is 132 cm³/mol. The van der Waals surface area contributed by atoms with Crippen molar-refractivity contribution in [1.29, 1.82) is 0 Å². The van der Waals surface area contributed by atoms with E-state index in [0.717, 1.165) is 41.0 Å². The van der Waals surface area contributed by atoms with Crippen LogP contribution in [0.2, 0.25) is 0 Å². The number of methoxy groups -OCH3 is 2. The van der Waals surface area contributed by atoms with Gasteiger partial charge in [-0.25, -0.2) is 5.43 Å². The number of amides is 2. The van der Waals surface area contributed by atoms with Crippen LogP contribution in [0.4, 0.5) is 0 Å². The van der Waals surface area contributed by atoms with E-state index in [1.165, 1.54) is 0 Å². The minimum absolute atomic E-state index is 0.273. The molecule has 1 heterocycles. The van der Waals surface area contributed by atoms with E-state index in [4.69, 9.17) is 13.9 Å². The summed E-state index contributed by atoms with van der Waals surface area (Å²) in [6.07, 6.45) is 2.88. The number of rotatable bonds is 8. The lowest BCUT2D eigenvalue weighted by molar-refractivity contribution is 0.0922. The molecule has 2 aromatic carbocycles. The number of furan rings is 1. The lowest BCUT2D eigenvalue weighted by atomic mass is 9.93. The second-order valence-corrected chi connectivity index (χ2v) is 8.27. The first-order valence-corrected chi connectivity index (χ1v) is 11.6. The molecule has 1 aliphatic carbocycles. The summed E-state index contributed by atoms with van der Waals surface area (Å²) in [5.41, 5.74) is 6.45. The molecule has 182 valence electrons. The van der Waals surface area contributed by atoms with Gasteiger partial charge in [-0.1, -0.05) is 24.3 Å². The summed E-state index contributed by atoms with van der Waals surface area (Å²) in [5.74, 6) is 1.77. The summed E-state index contributed by atoms with van der Waals surface area (Å²) in [6, 6.07) is 14.6. The molecule has 2 N–H and O–H groups in total. The van der Waals surface area contributed by atoms with E-state index >= 15 is 0 Å². The molecule has 0 fully saturated rings. The van der Waals surface area contributed by atoms with Crippen molar-refractivity contribution >= 4 is 17.5 Å². The van der Waals surface area contributed by atoms with Crippen molar-refractivity contribution in [2.24, 2.45) is 5.10 Å². The average Bonchev–Trinajstić information content (AvgIpc) is 3.24. The van der Waals surface area contributed by atoms with Crippen LogP contribution in [0.3, 0.4) is 0 Å². The monoisotopic (exact) mass is 475 g/mol. The molecule has 0 saturated heterocycles. The molecule has 2 amide bonds. The number of hydrogen-bond donors (Lipinski definition) is 2. The lowest BCUT2D eigenvalue weighted by Crippen LogP contribution is -2.26. The maximum absolute atomic E-state index is 12.9. The molecular weight excluding hydrogens is 446 g/mol. The minimum Gasteiger partial charge on any atom is -0.493 e. The Hall–Kier alpha value is -4.07. The fourth-order valence-corrected chi connectivity index (χ4v) is 4.21. The van der Waals surface area contributed by atoms with E-state index in [0.29, 0.717) is 36.4 Å². The van der Waals surface area contributed by atoms with Crippen LogP contribution in [-0.4, -0.2) is 38.3 Å². The van der Waals surface area contributed by atoms with Crippen LogP contribution < -0.4 is 20.2 Å². The van der Waals surface area contributed by atoms with E-state index in [2.05, 4.69) is 15.8 Å². The predicted octanol–water partition coefficient (Wildman–Crippen LogP) is 4.05. The number of aryl methyl sites for hydroxylation is 1. The zero-order valence-corrected chi connectivity index (χ0v) is 20.1. The van der Waals surface area contributed by atoms with Crippen molar-refractivity contribution in [2.75, 3.05) is 20.8 Å². The van der Waals surface area contributed by atoms with Gasteiger partial charge in [0.25, 0.3) is 11.8 Å². The quantitative estimate of drug-likeness (QED) is 0.479. The highest BCUT2D eigenvalue weighted by Crippen LogP contribution is 2.30. The zero-order chi connectivity index (χ0) is 24.8. The highest BCUT2D eigenvalue weighted by atomic mass is 16.5. The molecule has 35 heavy (non-hydrogen) atoms. The second kappa shape index (κ2) is 10.9. The van der Waals surface area contributed by atoms with Crippen LogP contribution in [0, 0.1) is 6.92 Å². The van der Waals surface area contributed by atoms with Gasteiger partial charge >= 0.3 is 0 Å². The van der Waals surface area contributed by atoms with E-state index in [-0.39, 0.29) is 17.6 Å². The number of benzene rings is 2. The number of carbonyl (C=O) groups excluding carboxylic acids is 2. The van der Waals surface area contributed by atoms with Gasteiger partial charge < -0.3 is 19.2 Å². The number of carbonyl (C=O) groups is 2. The number of hydrazone groups is 1. The van der Waals surface area contributed by atoms with Gasteiger partial charge in [-0.15, -0.1) is 0 Å². The zero-order valence-electron chi connectivity index (χ0n) is 20.1. The van der Waals surface area contributed by atoms with Crippen molar-refractivity contribution < 1.29 is 23.5 Å². The third kappa shape index (κ3) is 5.37. The SMILES string of the molecule is COc1ccc(CCNC(=O)c2oc3c(c2C)/C(=N/NC(=O)c2ccccc2)CCC3)cc1OC. The van der Waals surface area contributed by atoms with Crippen LogP contribution in [0.5, 0.6) is 11.5 Å². The van der Waals surface area contributed by atoms with Crippen molar-refractivity contribution in [2.45, 2.75) is 32.6 Å². The fourth-order valence-electron chi connectivity index (χ4n) is 4.21. The van der Waals surface area contributed by atoms with Crippen molar-refractivity contribution in [3.05, 3.63) is 82.3 Å². The molecule has 0 unspecified atom stereocenters. The number of fused-ring (bicyclic) bond motifs is 1. The molecule has 4 rings (SSSR count). The Balaban J connectivity index is 1.43. The molecule has 0 bridgehead atoms. The van der Waals surface area contributed by atoms with Gasteiger partial charge in [-0.3, -0.25) is 9.59 Å². The molecule has 1 aliphatic rings. The van der Waals surface area contributed by atoms with Gasteiger partial charge in [-0.2, -0.15) is 5.10 Å². The Kier molecular flexibility index (Phi) is 7.50. The summed E-state index contributed by atoms with van der Waals surface area (Å²) in [5, 5.41) is 7.31. The third-order valence-electron chi connectivity index (χ3n) is 6.01. The standard InChI is InChI=1S/C27H29N3O5/c1-17-24-20(29-30-26(31)19-8-5-4-6-9-19)10-7-11-22(24)35-25(17)27(32)28-15-14-18-12-13-21(33-2)23(16-18)34-3/h4-6,8-9,12-13,16H,7,10-11,14-15H2,1-3H3,(H,28,32)(H,30,31)/b29-20+. The van der Waals surface area contributed by atoms with Crippen molar-refractivity contribution in [3.63, 3.8) is 0 Å². The van der Waals surface area contributed by atoms with Gasteiger partial charge in [-0.05, 0) is 56.0 Å². The van der Waals surface area contributed by atoms with Crippen LogP contribution in [0.15, 0.2) is 58.0 Å². The summed E-state index contributed by atoms with van der Waals surface area (Å²) in [7, 11) is 3.19. The maximum atomic E-state index is 12.9. The summed E-state index contributed by atoms with van der Waals surface area (Å²) in [4.78, 5) is 25.3. The number of nitrogens with zero attached hydrogens (tertiary/aromatic N) is 1. The first-order chi connectivity index (χ1) is 17.0. The highest BCUT2D eigenvalue weighted by molar-refractivity contribution is 6.07. The van der Waals surface area contributed by atoms with Gasteiger partial charge in [0.1, 0.15) is 5.76 Å². The third-order valence-corrected chi connectivity index (χ3v) is 6.01. The molecule has 8 nitrogen and oxygen atoms in total. The molecule has 1 aromatic heterocycles. The minimum atomic E-state index is -0.278. The molecule has 0 atom stereocenters. The number of ether oxygens (including phenoxy) is 2. The molecular formula is C27H29N3O5. The topological polar surface area (TPSA) is 102 Å². The Morgan fingerprint density at radius 1 is 1.00 bits per heavy atom. The van der Waals surface area contributed by atoms with Crippen LogP contribution in [0.25, 0.3) is 0 Å². The summed E-state index contributed by atoms with van der Waals surface area (Å²) >= 11 is 0. The first-order valence-electron chi connectivity index (χ1n) is 11.6. The molecule has 8 heteroatoms. The summed E-state index contributed by atoms with van der Waals surface area (Å²) in [6.45, 7) is 2.29. The first kappa shape index (κ1) is 24.1. The average molecular weight is 476 g/mol. The summed E-state index contributed by atoms with van der Waals surface area (Å²) < 4.78 is 16.6. The van der Waals surface area contributed by atoms with E-state index < -0.39 is 0 Å². The Bertz CT molecular complexity index is 1250. The van der Waals surface area contributed by atoms with Gasteiger partial charge in [0.2, 0.25) is 0 Å². The lowest BCUT2D eigenvalue weighted by Gasteiger charge is -2.13. The Labute approximate surface area is 204 Å². The van der Waals surface area contributed by atoms with Gasteiger partial charge in [0.15, 0.2) is 17.3 Å². The fraction of sp³-hybridized carbons (Fsp3) is 0.296. The Morgan fingerprint density at radius 3 is 2.51 bits per heavy atom. The smallest absolute Gasteiger partial charge is 0.287 e. The molecule has 0 radical (unpaired) electrons. The van der Waals surface area contributed by atoms with Crippen LogP contribution in [0.1, 0.15) is 56.2 Å². The van der Waals surface area contributed by atoms with E-state index in [1.54, 1.807) is 38.5 Å². The Morgan fingerprint density at radius 2 is 1.77 bits per heavy atom. The van der Waals surface area contributed by atoms with Crippen molar-refractivity contribution in [3.8, 4) is 11.5 Å². The van der Waals surface area contributed by atoms with Gasteiger partial charge in [0, 0.05) is 29.7 Å². The largest absolute Gasteiger partial charge is 0.493 e. The molecule has 0 spiro atoms. The maximum Gasteiger partial charge on any atom is 0.287 e. The molecule has 0 saturated carbocycles. The second-order valence-electron chi connectivity index (χ2n) is 8.27. The molecule has 3 aromatic rings. The van der Waals surface area contributed by atoms with Crippen molar-refractivity contribution in [1.82, 2.24) is 10.7 Å². The number of nitrogens with one attached hydrogen (secondary N) is 2. The van der Waals surface area contributed by atoms with Gasteiger partial charge in [0.05, 0.1) is 19.9 Å². The van der Waals surface area contributed by atoms with Crippen LogP contribution >= 0.6 is 0 Å². The van der Waals surface area contributed by atoms with Crippen LogP contribution in [-0.2, 0) is 12.8 Å². The number of hydrogen-bond acceptors (Lipinski definition) is 6.